The first-order chi connectivity index (χ1) is 6.29. The van der Waals surface area contributed by atoms with E-state index >= 15 is 0 Å². The molecule has 0 unspecified atom stereocenters. The van der Waals surface area contributed by atoms with Crippen LogP contribution in [0.3, 0.4) is 0 Å². The van der Waals surface area contributed by atoms with Crippen molar-refractivity contribution in [2.24, 2.45) is 0 Å². The molecule has 0 aromatic heterocycles. The van der Waals surface area contributed by atoms with E-state index in [2.05, 4.69) is 0 Å². The first-order valence-corrected chi connectivity index (χ1v) is 3.98. The standard InChI is InChI=1S/C11H8O2.Rb/c12-11(13)10-7-3-5-8-4-1-2-6-9(8)10;/h1-7H,(H,12,13);/q;+1/p-1. The topological polar surface area (TPSA) is 40.1 Å². The maximum absolute atomic E-state index is 10.7. The fourth-order valence-electron chi connectivity index (χ4n) is 1.40. The smallest absolute Gasteiger partial charge is 0.545 e. The number of carbonyl (C=O) groups is 1. The molecule has 0 aliphatic carbocycles. The average Bonchev–Trinajstić information content (AvgIpc) is 2.17. The summed E-state index contributed by atoms with van der Waals surface area (Å²) in [6.45, 7) is 0. The number of fused-ring (bicyclic) bond motifs is 1. The first kappa shape index (κ1) is 12.0. The van der Waals surface area contributed by atoms with Gasteiger partial charge in [0.15, 0.2) is 0 Å². The Kier molecular flexibility index (Phi) is 4.45. The zero-order chi connectivity index (χ0) is 9.26. The fourth-order valence-corrected chi connectivity index (χ4v) is 1.40. The molecule has 2 aromatic rings. The van der Waals surface area contributed by atoms with Gasteiger partial charge in [0.2, 0.25) is 0 Å². The van der Waals surface area contributed by atoms with Gasteiger partial charge in [-0.15, -0.1) is 0 Å². The summed E-state index contributed by atoms with van der Waals surface area (Å²) in [5, 5.41) is 12.4. The Hall–Kier alpha value is -0.0248. The molecule has 0 amide bonds. The van der Waals surface area contributed by atoms with E-state index in [-0.39, 0.29) is 63.8 Å². The molecule has 0 aliphatic rings. The SMILES string of the molecule is O=C([O-])c1cccc2ccccc12.[Rb+]. The minimum Gasteiger partial charge on any atom is -0.545 e. The molecule has 0 saturated heterocycles. The van der Waals surface area contributed by atoms with Gasteiger partial charge in [0, 0.05) is 5.56 Å². The molecule has 0 aliphatic heterocycles. The van der Waals surface area contributed by atoms with Gasteiger partial charge in [-0.25, -0.2) is 0 Å². The van der Waals surface area contributed by atoms with Crippen LogP contribution in [0.4, 0.5) is 0 Å². The fraction of sp³-hybridized carbons (Fsp3) is 0. The van der Waals surface area contributed by atoms with Crippen LogP contribution < -0.4 is 63.3 Å². The molecule has 0 saturated carbocycles. The quantitative estimate of drug-likeness (QED) is 0.605. The summed E-state index contributed by atoms with van der Waals surface area (Å²) < 4.78 is 0. The zero-order valence-electron chi connectivity index (χ0n) is 7.86. The summed E-state index contributed by atoms with van der Waals surface area (Å²) in [5.74, 6) is -1.13. The van der Waals surface area contributed by atoms with Crippen molar-refractivity contribution in [2.75, 3.05) is 0 Å². The van der Waals surface area contributed by atoms with Gasteiger partial charge in [-0.3, -0.25) is 0 Å². The third kappa shape index (κ3) is 2.31. The predicted molar refractivity (Wildman–Crippen MR) is 48.3 cm³/mol. The molecule has 0 N–H and O–H groups in total. The molecule has 0 radical (unpaired) electrons. The largest absolute Gasteiger partial charge is 1.00 e. The van der Waals surface area contributed by atoms with E-state index < -0.39 is 5.97 Å². The van der Waals surface area contributed by atoms with Crippen molar-refractivity contribution < 1.29 is 68.1 Å². The Morgan fingerprint density at radius 2 is 1.64 bits per heavy atom. The van der Waals surface area contributed by atoms with E-state index in [0.717, 1.165) is 10.8 Å². The molecule has 0 atom stereocenters. The van der Waals surface area contributed by atoms with Crippen molar-refractivity contribution in [3.63, 3.8) is 0 Å². The summed E-state index contributed by atoms with van der Waals surface area (Å²) >= 11 is 0. The predicted octanol–water partition coefficient (Wildman–Crippen LogP) is -1.79. The number of carboxylic acid groups (broad SMARTS) is 1. The molecular formula is C11H7O2Rb. The van der Waals surface area contributed by atoms with Crippen LogP contribution in [-0.2, 0) is 0 Å². The van der Waals surface area contributed by atoms with Crippen LogP contribution in [0.2, 0.25) is 0 Å². The van der Waals surface area contributed by atoms with Gasteiger partial charge in [-0.05, 0) is 10.8 Å². The van der Waals surface area contributed by atoms with E-state index in [1.807, 2.05) is 24.3 Å². The molecule has 2 nitrogen and oxygen atoms in total. The second kappa shape index (κ2) is 5.17. The van der Waals surface area contributed by atoms with Gasteiger partial charge in [0.05, 0.1) is 5.97 Å². The van der Waals surface area contributed by atoms with Gasteiger partial charge in [0.1, 0.15) is 0 Å². The summed E-state index contributed by atoms with van der Waals surface area (Å²) in [7, 11) is 0. The maximum Gasteiger partial charge on any atom is 1.00 e. The Labute approximate surface area is 131 Å². The van der Waals surface area contributed by atoms with E-state index in [1.54, 1.807) is 18.2 Å². The Morgan fingerprint density at radius 3 is 2.36 bits per heavy atom. The number of hydrogen-bond donors (Lipinski definition) is 0. The van der Waals surface area contributed by atoms with Crippen molar-refractivity contribution in [2.45, 2.75) is 0 Å². The Balaban J connectivity index is 0.000000980. The molecule has 2 aromatic carbocycles. The number of benzene rings is 2. The molecule has 14 heavy (non-hydrogen) atoms. The number of aromatic carboxylic acids is 1. The number of rotatable bonds is 1. The average molecular weight is 257 g/mol. The van der Waals surface area contributed by atoms with Crippen molar-refractivity contribution in [1.29, 1.82) is 0 Å². The van der Waals surface area contributed by atoms with E-state index in [9.17, 15) is 9.90 Å². The van der Waals surface area contributed by atoms with Crippen LogP contribution in [0.25, 0.3) is 10.8 Å². The van der Waals surface area contributed by atoms with Crippen LogP contribution in [-0.4, -0.2) is 5.97 Å². The molecule has 3 heteroatoms. The molecular weight excluding hydrogens is 250 g/mol. The molecule has 0 heterocycles. The second-order valence-corrected chi connectivity index (χ2v) is 2.81. The Morgan fingerprint density at radius 1 is 1.00 bits per heavy atom. The van der Waals surface area contributed by atoms with Crippen LogP contribution >= 0.6 is 0 Å². The van der Waals surface area contributed by atoms with Crippen molar-refractivity contribution in [3.8, 4) is 0 Å². The van der Waals surface area contributed by atoms with Crippen LogP contribution in [0.15, 0.2) is 42.5 Å². The number of hydrogen-bond acceptors (Lipinski definition) is 2. The van der Waals surface area contributed by atoms with Crippen molar-refractivity contribution in [1.82, 2.24) is 0 Å². The normalized spacial score (nSPS) is 9.43. The minimum absolute atomic E-state index is 0. The minimum atomic E-state index is -1.13. The van der Waals surface area contributed by atoms with Gasteiger partial charge >= 0.3 is 58.2 Å². The van der Waals surface area contributed by atoms with Gasteiger partial charge < -0.3 is 9.90 Å². The third-order valence-electron chi connectivity index (χ3n) is 2.01. The number of carbonyl (C=O) groups excluding carboxylic acids is 1. The van der Waals surface area contributed by atoms with Gasteiger partial charge in [-0.2, -0.15) is 0 Å². The van der Waals surface area contributed by atoms with E-state index in [1.165, 1.54) is 0 Å². The molecule has 0 spiro atoms. The van der Waals surface area contributed by atoms with Crippen molar-refractivity contribution >= 4 is 16.7 Å². The summed E-state index contributed by atoms with van der Waals surface area (Å²) in [6.07, 6.45) is 0. The monoisotopic (exact) mass is 256 g/mol. The number of carboxylic acids is 1. The molecule has 64 valence electrons. The van der Waals surface area contributed by atoms with E-state index in [4.69, 9.17) is 0 Å². The molecule has 2 rings (SSSR count). The zero-order valence-corrected chi connectivity index (χ0v) is 12.8. The second-order valence-electron chi connectivity index (χ2n) is 2.81. The van der Waals surface area contributed by atoms with Gasteiger partial charge in [0.25, 0.3) is 0 Å². The summed E-state index contributed by atoms with van der Waals surface area (Å²) in [5.41, 5.74) is 0.248. The van der Waals surface area contributed by atoms with Crippen LogP contribution in [0.1, 0.15) is 10.4 Å². The van der Waals surface area contributed by atoms with E-state index in [0.29, 0.717) is 0 Å². The first-order valence-electron chi connectivity index (χ1n) is 3.98. The summed E-state index contributed by atoms with van der Waals surface area (Å²) in [4.78, 5) is 10.7. The van der Waals surface area contributed by atoms with Crippen molar-refractivity contribution in [3.05, 3.63) is 48.0 Å². The van der Waals surface area contributed by atoms with Crippen LogP contribution in [0.5, 0.6) is 0 Å². The maximum atomic E-state index is 10.7. The molecule has 0 bridgehead atoms. The summed E-state index contributed by atoms with van der Waals surface area (Å²) in [6, 6.07) is 12.5. The van der Waals surface area contributed by atoms with Gasteiger partial charge in [-0.1, -0.05) is 42.5 Å². The Bertz CT molecular complexity index is 460. The third-order valence-corrected chi connectivity index (χ3v) is 2.01. The van der Waals surface area contributed by atoms with Crippen LogP contribution in [0, 0.1) is 0 Å². The molecule has 0 fully saturated rings.